The molecule has 0 radical (unpaired) electrons. The molecule has 3 rings (SSSR count). The molecule has 27 heavy (non-hydrogen) atoms. The summed E-state index contributed by atoms with van der Waals surface area (Å²) < 4.78 is 5.21. The van der Waals surface area contributed by atoms with Crippen molar-refractivity contribution >= 4 is 23.4 Å². The highest BCUT2D eigenvalue weighted by atomic mass is 32.2. The molecule has 1 amide bonds. The zero-order valence-electron chi connectivity index (χ0n) is 15.1. The van der Waals surface area contributed by atoms with Crippen molar-refractivity contribution in [1.82, 2.24) is 4.90 Å². The van der Waals surface area contributed by atoms with Crippen LogP contribution in [0, 0.1) is 10.1 Å². The van der Waals surface area contributed by atoms with E-state index in [1.165, 1.54) is 31.0 Å². The first kappa shape index (κ1) is 19.2. The summed E-state index contributed by atoms with van der Waals surface area (Å²) in [6.07, 6.45) is 1.83. The Bertz CT molecular complexity index is 860. The molecule has 0 aromatic heterocycles. The lowest BCUT2D eigenvalue weighted by molar-refractivity contribution is -0.385. The van der Waals surface area contributed by atoms with Gasteiger partial charge < -0.3 is 15.4 Å². The van der Waals surface area contributed by atoms with Gasteiger partial charge in [0.15, 0.2) is 0 Å². The Hall–Kier alpha value is -2.58. The van der Waals surface area contributed by atoms with Crippen LogP contribution in [0.15, 0.2) is 47.4 Å². The third kappa shape index (κ3) is 3.77. The molecule has 0 saturated carbocycles. The van der Waals surface area contributed by atoms with Gasteiger partial charge in [-0.1, -0.05) is 30.3 Å². The zero-order valence-corrected chi connectivity index (χ0v) is 15.9. The van der Waals surface area contributed by atoms with Gasteiger partial charge in [-0.05, 0) is 17.9 Å². The normalized spacial score (nSPS) is 19.1. The van der Waals surface area contributed by atoms with Gasteiger partial charge in [0.1, 0.15) is 11.3 Å². The number of thioether (sulfide) groups is 1. The number of nitro benzene ring substituents is 1. The minimum Gasteiger partial charge on any atom is -0.495 e. The topological polar surface area (TPSA) is 98.7 Å². The van der Waals surface area contributed by atoms with Gasteiger partial charge in [0.05, 0.1) is 23.0 Å². The smallest absolute Gasteiger partial charge is 0.285 e. The van der Waals surface area contributed by atoms with E-state index in [0.29, 0.717) is 23.7 Å². The first-order chi connectivity index (χ1) is 13.0. The number of methoxy groups -OCH3 is 1. The van der Waals surface area contributed by atoms with Gasteiger partial charge in [-0.2, -0.15) is 0 Å². The predicted molar refractivity (Wildman–Crippen MR) is 104 cm³/mol. The van der Waals surface area contributed by atoms with Crippen LogP contribution in [-0.4, -0.2) is 48.2 Å². The van der Waals surface area contributed by atoms with Crippen LogP contribution >= 0.6 is 11.8 Å². The highest BCUT2D eigenvalue weighted by Gasteiger charge is 2.36. The number of rotatable bonds is 5. The molecule has 1 fully saturated rings. The maximum atomic E-state index is 13.1. The van der Waals surface area contributed by atoms with Crippen molar-refractivity contribution in [2.24, 2.45) is 5.73 Å². The number of ether oxygens (including phenoxy) is 1. The second-order valence-corrected chi connectivity index (χ2v) is 7.22. The van der Waals surface area contributed by atoms with Crippen molar-refractivity contribution in [3.8, 4) is 5.75 Å². The minimum atomic E-state index is -0.551. The summed E-state index contributed by atoms with van der Waals surface area (Å²) in [7, 11) is 1.45. The molecule has 142 valence electrons. The fourth-order valence-corrected chi connectivity index (χ4v) is 3.99. The lowest BCUT2D eigenvalue weighted by atomic mass is 9.95. The summed E-state index contributed by atoms with van der Waals surface area (Å²) in [5.74, 6) is 0.00652. The van der Waals surface area contributed by atoms with Gasteiger partial charge in [-0.25, -0.2) is 0 Å². The second-order valence-electron chi connectivity index (χ2n) is 6.37. The van der Waals surface area contributed by atoms with Crippen molar-refractivity contribution in [1.29, 1.82) is 0 Å². The van der Waals surface area contributed by atoms with E-state index >= 15 is 0 Å². The molecule has 1 saturated heterocycles. The summed E-state index contributed by atoms with van der Waals surface area (Å²) in [5.41, 5.74) is 7.13. The molecule has 0 bridgehead atoms. The molecular weight excluding hydrogens is 366 g/mol. The molecule has 2 aromatic carbocycles. The average Bonchev–Trinajstić information content (AvgIpc) is 3.08. The molecule has 2 atom stereocenters. The van der Waals surface area contributed by atoms with Crippen LogP contribution in [-0.2, 0) is 0 Å². The number of carbonyl (C=O) groups excluding carboxylic acids is 1. The number of likely N-dealkylation sites (tertiary alicyclic amines) is 1. The Kier molecular flexibility index (Phi) is 5.67. The van der Waals surface area contributed by atoms with E-state index in [2.05, 4.69) is 0 Å². The summed E-state index contributed by atoms with van der Waals surface area (Å²) in [6.45, 7) is 0.790. The highest BCUT2D eigenvalue weighted by molar-refractivity contribution is 7.98. The molecule has 1 heterocycles. The summed E-state index contributed by atoms with van der Waals surface area (Å²) in [6, 6.07) is 12.4. The molecule has 1 aliphatic rings. The Morgan fingerprint density at radius 1 is 1.30 bits per heavy atom. The summed E-state index contributed by atoms with van der Waals surface area (Å²) in [4.78, 5) is 26.3. The van der Waals surface area contributed by atoms with Crippen LogP contribution in [0.1, 0.15) is 21.8 Å². The Morgan fingerprint density at radius 3 is 2.59 bits per heavy atom. The average molecular weight is 387 g/mol. The molecule has 2 aromatic rings. The molecule has 2 N–H and O–H groups in total. The van der Waals surface area contributed by atoms with Crippen molar-refractivity contribution in [3.63, 3.8) is 0 Å². The largest absolute Gasteiger partial charge is 0.495 e. The minimum absolute atomic E-state index is 0.00692. The molecule has 0 spiro atoms. The van der Waals surface area contributed by atoms with Gasteiger partial charge in [-0.15, -0.1) is 11.8 Å². The number of nitrogens with two attached hydrogens (primary N) is 1. The second kappa shape index (κ2) is 7.98. The number of amides is 1. The third-order valence-corrected chi connectivity index (χ3v) is 5.57. The maximum absolute atomic E-state index is 13.1. The predicted octanol–water partition coefficient (Wildman–Crippen LogP) is 2.89. The number of nitrogens with zero attached hydrogens (tertiary/aromatic N) is 2. The molecular formula is C19H21N3O4S. The summed E-state index contributed by atoms with van der Waals surface area (Å²) in [5, 5.41) is 11.5. The van der Waals surface area contributed by atoms with Crippen molar-refractivity contribution in [2.45, 2.75) is 16.9 Å². The van der Waals surface area contributed by atoms with Crippen LogP contribution in [0.2, 0.25) is 0 Å². The van der Waals surface area contributed by atoms with Gasteiger partial charge in [-0.3, -0.25) is 14.9 Å². The Morgan fingerprint density at radius 2 is 2.00 bits per heavy atom. The van der Waals surface area contributed by atoms with Crippen molar-refractivity contribution in [2.75, 3.05) is 26.5 Å². The van der Waals surface area contributed by atoms with Crippen molar-refractivity contribution < 1.29 is 14.5 Å². The fourth-order valence-electron chi connectivity index (χ4n) is 3.41. The van der Waals surface area contributed by atoms with E-state index in [1.807, 2.05) is 36.6 Å². The van der Waals surface area contributed by atoms with Crippen LogP contribution in [0.25, 0.3) is 0 Å². The van der Waals surface area contributed by atoms with E-state index in [0.717, 1.165) is 5.56 Å². The van der Waals surface area contributed by atoms with Crippen molar-refractivity contribution in [3.05, 3.63) is 63.7 Å². The molecule has 0 aliphatic carbocycles. The fraction of sp³-hybridized carbons (Fsp3) is 0.316. The number of carbonyl (C=O) groups is 1. The lowest BCUT2D eigenvalue weighted by Crippen LogP contribution is -2.32. The molecule has 8 heteroatoms. The van der Waals surface area contributed by atoms with E-state index in [9.17, 15) is 14.9 Å². The maximum Gasteiger partial charge on any atom is 0.285 e. The number of nitro groups is 1. The Balaban J connectivity index is 1.93. The molecule has 1 aliphatic heterocycles. The SMILES string of the molecule is COc1cc([N+](=O)[O-])c(C(=O)N2C[C@@H](N)[C@H](c3ccccc3)C2)cc1SC. The lowest BCUT2D eigenvalue weighted by Gasteiger charge is -2.17. The van der Waals surface area contributed by atoms with E-state index < -0.39 is 4.92 Å². The van der Waals surface area contributed by atoms with Crippen LogP contribution in [0.3, 0.4) is 0 Å². The standard InChI is InChI=1S/C19H21N3O4S/c1-26-17-9-16(22(24)25)13(8-18(17)27-2)19(23)21-10-14(15(20)11-21)12-6-4-3-5-7-12/h3-9,14-15H,10-11,20H2,1-2H3/t14-,15+/m0/s1. The van der Waals surface area contributed by atoms with E-state index in [-0.39, 0.29) is 29.1 Å². The zero-order chi connectivity index (χ0) is 19.6. The molecule has 0 unspecified atom stereocenters. The van der Waals surface area contributed by atoms with Crippen LogP contribution in [0.5, 0.6) is 5.75 Å². The first-order valence-electron chi connectivity index (χ1n) is 8.46. The number of hydrogen-bond acceptors (Lipinski definition) is 6. The quantitative estimate of drug-likeness (QED) is 0.481. The third-order valence-electron chi connectivity index (χ3n) is 4.81. The first-order valence-corrected chi connectivity index (χ1v) is 9.69. The van der Waals surface area contributed by atoms with Gasteiger partial charge in [0, 0.05) is 25.0 Å². The van der Waals surface area contributed by atoms with E-state index in [4.69, 9.17) is 10.5 Å². The highest BCUT2D eigenvalue weighted by Crippen LogP contribution is 2.36. The van der Waals surface area contributed by atoms with Gasteiger partial charge in [0.25, 0.3) is 11.6 Å². The van der Waals surface area contributed by atoms with Gasteiger partial charge in [0.2, 0.25) is 0 Å². The Labute approximate surface area is 161 Å². The van der Waals surface area contributed by atoms with Crippen LogP contribution in [0.4, 0.5) is 5.69 Å². The number of benzene rings is 2. The van der Waals surface area contributed by atoms with E-state index in [1.54, 1.807) is 4.90 Å². The van der Waals surface area contributed by atoms with Crippen LogP contribution < -0.4 is 10.5 Å². The molecule has 7 nitrogen and oxygen atoms in total. The van der Waals surface area contributed by atoms with Gasteiger partial charge >= 0.3 is 0 Å². The number of hydrogen-bond donors (Lipinski definition) is 1. The monoisotopic (exact) mass is 387 g/mol. The summed E-state index contributed by atoms with van der Waals surface area (Å²) >= 11 is 1.37.